The summed E-state index contributed by atoms with van der Waals surface area (Å²) in [5.74, 6) is -0.582. The Kier molecular flexibility index (Phi) is 3.57. The summed E-state index contributed by atoms with van der Waals surface area (Å²) in [6.45, 7) is 0. The highest BCUT2D eigenvalue weighted by Crippen LogP contribution is 2.31. The number of aromatic nitrogens is 1. The number of hydrogen-bond acceptors (Lipinski definition) is 3. The summed E-state index contributed by atoms with van der Waals surface area (Å²) >= 11 is 1.76. The van der Waals surface area contributed by atoms with Gasteiger partial charge in [0, 0.05) is 0 Å². The third-order valence-corrected chi connectivity index (χ3v) is 2.10. The first-order valence-electron chi connectivity index (χ1n) is 3.59. The summed E-state index contributed by atoms with van der Waals surface area (Å²) in [6.07, 6.45) is -2.94. The zero-order valence-electron chi connectivity index (χ0n) is 6.84. The van der Waals surface area contributed by atoms with Gasteiger partial charge in [-0.1, -0.05) is 0 Å². The number of pyridine rings is 1. The number of hydrogen-bond donors (Lipinski definition) is 1. The normalized spacial score (nSPS) is 10.2. The van der Waals surface area contributed by atoms with Crippen molar-refractivity contribution in [2.75, 3.05) is 0 Å². The van der Waals surface area contributed by atoms with Crippen molar-refractivity contribution in [3.63, 3.8) is 0 Å². The Hall–Kier alpha value is -0.970. The van der Waals surface area contributed by atoms with Crippen molar-refractivity contribution in [2.24, 2.45) is 0 Å². The molecule has 0 aromatic carbocycles. The third kappa shape index (κ3) is 2.29. The predicted octanol–water partition coefficient (Wildman–Crippen LogP) is 2.40. The SMILES string of the molecule is N#CCc1nc(I)cc(C(F)F)c1O. The maximum Gasteiger partial charge on any atom is 0.267 e. The highest BCUT2D eigenvalue weighted by Gasteiger charge is 2.17. The lowest BCUT2D eigenvalue weighted by Gasteiger charge is -2.06. The van der Waals surface area contributed by atoms with Crippen LogP contribution in [0.2, 0.25) is 0 Å². The first kappa shape index (κ1) is 11.1. The van der Waals surface area contributed by atoms with Crippen molar-refractivity contribution in [3.8, 4) is 11.8 Å². The number of rotatable bonds is 2. The van der Waals surface area contributed by atoms with Crippen LogP contribution in [-0.2, 0) is 6.42 Å². The minimum atomic E-state index is -2.76. The second-order valence-electron chi connectivity index (χ2n) is 2.47. The van der Waals surface area contributed by atoms with Gasteiger partial charge in [0.05, 0.1) is 23.7 Å². The van der Waals surface area contributed by atoms with Crippen LogP contribution in [0, 0.1) is 15.0 Å². The van der Waals surface area contributed by atoms with Gasteiger partial charge in [-0.05, 0) is 28.7 Å². The van der Waals surface area contributed by atoms with Crippen LogP contribution in [0.4, 0.5) is 8.78 Å². The Morgan fingerprint density at radius 1 is 1.64 bits per heavy atom. The van der Waals surface area contributed by atoms with Gasteiger partial charge >= 0.3 is 0 Å². The molecular formula is C8H5F2IN2O. The van der Waals surface area contributed by atoms with Gasteiger partial charge < -0.3 is 5.11 Å². The van der Waals surface area contributed by atoms with E-state index < -0.39 is 17.7 Å². The van der Waals surface area contributed by atoms with Crippen molar-refractivity contribution in [1.29, 1.82) is 5.26 Å². The van der Waals surface area contributed by atoms with E-state index in [2.05, 4.69) is 4.98 Å². The van der Waals surface area contributed by atoms with Crippen molar-refractivity contribution in [2.45, 2.75) is 12.8 Å². The molecule has 1 N–H and O–H groups in total. The van der Waals surface area contributed by atoms with Gasteiger partial charge in [-0.15, -0.1) is 0 Å². The average Bonchev–Trinajstić information content (AvgIpc) is 2.10. The van der Waals surface area contributed by atoms with Gasteiger partial charge in [-0.3, -0.25) is 0 Å². The van der Waals surface area contributed by atoms with Crippen molar-refractivity contribution >= 4 is 22.6 Å². The summed E-state index contributed by atoms with van der Waals surface area (Å²) in [7, 11) is 0. The minimum absolute atomic E-state index is 0.00491. The summed E-state index contributed by atoms with van der Waals surface area (Å²) in [5.41, 5.74) is -0.482. The number of halogens is 3. The second-order valence-corrected chi connectivity index (χ2v) is 3.57. The number of aromatic hydroxyl groups is 1. The molecule has 0 radical (unpaired) electrons. The molecule has 1 aromatic heterocycles. The van der Waals surface area contributed by atoms with E-state index in [1.54, 1.807) is 28.7 Å². The van der Waals surface area contributed by atoms with Gasteiger partial charge in [0.25, 0.3) is 6.43 Å². The molecule has 14 heavy (non-hydrogen) atoms. The molecule has 6 heteroatoms. The van der Waals surface area contributed by atoms with E-state index in [1.165, 1.54) is 0 Å². The molecular weight excluding hydrogens is 305 g/mol. The molecule has 1 heterocycles. The van der Waals surface area contributed by atoms with E-state index in [-0.39, 0.29) is 12.1 Å². The molecule has 0 bridgehead atoms. The molecule has 1 aromatic rings. The van der Waals surface area contributed by atoms with Crippen LogP contribution < -0.4 is 0 Å². The van der Waals surface area contributed by atoms with Crippen LogP contribution in [-0.4, -0.2) is 10.1 Å². The topological polar surface area (TPSA) is 56.9 Å². The lowest BCUT2D eigenvalue weighted by molar-refractivity contribution is 0.147. The fourth-order valence-electron chi connectivity index (χ4n) is 0.942. The zero-order chi connectivity index (χ0) is 10.7. The van der Waals surface area contributed by atoms with E-state index >= 15 is 0 Å². The highest BCUT2D eigenvalue weighted by molar-refractivity contribution is 14.1. The summed E-state index contributed by atoms with van der Waals surface area (Å²) < 4.78 is 25.0. The smallest absolute Gasteiger partial charge is 0.267 e. The maximum atomic E-state index is 12.4. The lowest BCUT2D eigenvalue weighted by Crippen LogP contribution is -1.97. The van der Waals surface area contributed by atoms with Crippen LogP contribution >= 0.6 is 22.6 Å². The molecule has 0 aliphatic carbocycles. The summed E-state index contributed by atoms with van der Waals surface area (Å²) in [4.78, 5) is 3.79. The van der Waals surface area contributed by atoms with E-state index in [0.29, 0.717) is 3.70 Å². The minimum Gasteiger partial charge on any atom is -0.505 e. The van der Waals surface area contributed by atoms with Gasteiger partial charge in [0.2, 0.25) is 0 Å². The van der Waals surface area contributed by atoms with E-state index in [1.807, 2.05) is 0 Å². The van der Waals surface area contributed by atoms with Crippen LogP contribution in [0.5, 0.6) is 5.75 Å². The van der Waals surface area contributed by atoms with Crippen molar-refractivity contribution < 1.29 is 13.9 Å². The van der Waals surface area contributed by atoms with E-state index in [9.17, 15) is 13.9 Å². The van der Waals surface area contributed by atoms with E-state index in [4.69, 9.17) is 5.26 Å². The van der Waals surface area contributed by atoms with Crippen LogP contribution in [0.1, 0.15) is 17.7 Å². The summed E-state index contributed by atoms with van der Waals surface area (Å²) in [6, 6.07) is 2.85. The Balaban J connectivity index is 3.26. The van der Waals surface area contributed by atoms with Gasteiger partial charge in [0.1, 0.15) is 9.45 Å². The molecule has 1 rings (SSSR count). The molecule has 3 nitrogen and oxygen atoms in total. The molecule has 0 aliphatic heterocycles. The van der Waals surface area contributed by atoms with Crippen LogP contribution in [0.3, 0.4) is 0 Å². The monoisotopic (exact) mass is 310 g/mol. The zero-order valence-corrected chi connectivity index (χ0v) is 8.99. The molecule has 0 saturated carbocycles. The molecule has 0 aliphatic rings. The average molecular weight is 310 g/mol. The molecule has 0 spiro atoms. The molecule has 74 valence electrons. The number of nitriles is 1. The van der Waals surface area contributed by atoms with Crippen molar-refractivity contribution in [1.82, 2.24) is 4.98 Å². The standard InChI is InChI=1S/C8H5F2IN2O/c9-8(10)4-3-6(11)13-5(1-2-12)7(4)14/h3,8,14H,1H2. The number of alkyl halides is 2. The van der Waals surface area contributed by atoms with Crippen molar-refractivity contribution in [3.05, 3.63) is 21.0 Å². The third-order valence-electron chi connectivity index (χ3n) is 1.54. The predicted molar refractivity (Wildman–Crippen MR) is 52.9 cm³/mol. The molecule has 0 atom stereocenters. The Labute approximate surface area is 92.5 Å². The largest absolute Gasteiger partial charge is 0.505 e. The Bertz CT molecular complexity index is 390. The molecule has 0 amide bonds. The molecule has 0 fully saturated rings. The quantitative estimate of drug-likeness (QED) is 0.674. The first-order valence-corrected chi connectivity index (χ1v) is 4.67. The highest BCUT2D eigenvalue weighted by atomic mass is 127. The van der Waals surface area contributed by atoms with Gasteiger partial charge in [-0.2, -0.15) is 5.26 Å². The lowest BCUT2D eigenvalue weighted by atomic mass is 10.2. The van der Waals surface area contributed by atoms with E-state index in [0.717, 1.165) is 6.07 Å². The maximum absolute atomic E-state index is 12.4. The number of nitrogens with zero attached hydrogens (tertiary/aromatic N) is 2. The molecule has 0 unspecified atom stereocenters. The van der Waals surface area contributed by atoms with Crippen LogP contribution in [0.15, 0.2) is 6.07 Å². The fourth-order valence-corrected chi connectivity index (χ4v) is 1.57. The molecule has 0 saturated heterocycles. The first-order chi connectivity index (χ1) is 6.56. The summed E-state index contributed by atoms with van der Waals surface area (Å²) in [5, 5.41) is 17.7. The Morgan fingerprint density at radius 3 is 2.79 bits per heavy atom. The van der Waals surface area contributed by atoms with Gasteiger partial charge in [-0.25, -0.2) is 13.8 Å². The van der Waals surface area contributed by atoms with Gasteiger partial charge in [0.15, 0.2) is 0 Å². The Morgan fingerprint density at radius 2 is 2.29 bits per heavy atom. The van der Waals surface area contributed by atoms with Crippen LogP contribution in [0.25, 0.3) is 0 Å². The second kappa shape index (κ2) is 4.50. The fraction of sp³-hybridized carbons (Fsp3) is 0.250.